The highest BCUT2D eigenvalue weighted by Crippen LogP contribution is 2.25. The molecule has 2 aliphatic heterocycles. The van der Waals surface area contributed by atoms with Gasteiger partial charge >= 0.3 is 0 Å². The number of rotatable bonds is 5. The van der Waals surface area contributed by atoms with Crippen LogP contribution in [0.1, 0.15) is 52.1 Å². The normalized spacial score (nSPS) is 21.3. The fourth-order valence-corrected chi connectivity index (χ4v) is 4.46. The van der Waals surface area contributed by atoms with E-state index in [0.717, 1.165) is 31.6 Å². The summed E-state index contributed by atoms with van der Waals surface area (Å²) < 4.78 is 0. The summed E-state index contributed by atoms with van der Waals surface area (Å²) in [6.07, 6.45) is 6.28. The molecule has 5 heteroatoms. The summed E-state index contributed by atoms with van der Waals surface area (Å²) in [5.74, 6) is 0.353. The largest absolute Gasteiger partial charge is 0.350 e. The smallest absolute Gasteiger partial charge is 0.223 e. The van der Waals surface area contributed by atoms with Crippen molar-refractivity contribution in [1.82, 2.24) is 20.1 Å². The van der Waals surface area contributed by atoms with E-state index < -0.39 is 0 Å². The second-order valence-electron chi connectivity index (χ2n) is 9.42. The minimum atomic E-state index is 0.158. The van der Waals surface area contributed by atoms with Gasteiger partial charge in [0.15, 0.2) is 0 Å². The number of likely N-dealkylation sites (tertiary alicyclic amines) is 2. The number of piperidine rings is 2. The number of carbonyl (C=O) groups is 1. The van der Waals surface area contributed by atoms with E-state index in [2.05, 4.69) is 40.9 Å². The van der Waals surface area contributed by atoms with Crippen LogP contribution in [-0.4, -0.2) is 59.5 Å². The SMILES string of the molecule is CC(C)(C)CN1CCC(N2CCC(C(=O)NCc3ccccn3)CC2)CC1. The molecule has 27 heavy (non-hydrogen) atoms. The van der Waals surface area contributed by atoms with Crippen molar-refractivity contribution in [3.05, 3.63) is 30.1 Å². The van der Waals surface area contributed by atoms with Crippen LogP contribution in [0.2, 0.25) is 0 Å². The van der Waals surface area contributed by atoms with Crippen LogP contribution in [0.3, 0.4) is 0 Å². The third kappa shape index (κ3) is 6.28. The number of pyridine rings is 1. The van der Waals surface area contributed by atoms with E-state index >= 15 is 0 Å². The third-order valence-electron chi connectivity index (χ3n) is 5.84. The average molecular weight is 373 g/mol. The lowest BCUT2D eigenvalue weighted by Gasteiger charge is -2.42. The van der Waals surface area contributed by atoms with Crippen molar-refractivity contribution in [2.24, 2.45) is 11.3 Å². The first-order chi connectivity index (χ1) is 12.9. The van der Waals surface area contributed by atoms with E-state index in [1.165, 1.54) is 32.5 Å². The Bertz CT molecular complexity index is 582. The summed E-state index contributed by atoms with van der Waals surface area (Å²) in [5, 5.41) is 3.06. The zero-order chi connectivity index (χ0) is 19.3. The summed E-state index contributed by atoms with van der Waals surface area (Å²) in [5.41, 5.74) is 1.30. The number of hydrogen-bond donors (Lipinski definition) is 1. The maximum absolute atomic E-state index is 12.5. The van der Waals surface area contributed by atoms with Gasteiger partial charge in [-0.15, -0.1) is 0 Å². The highest BCUT2D eigenvalue weighted by molar-refractivity contribution is 5.78. The highest BCUT2D eigenvalue weighted by atomic mass is 16.1. The molecule has 3 rings (SSSR count). The molecule has 1 aromatic rings. The van der Waals surface area contributed by atoms with Crippen LogP contribution < -0.4 is 5.32 Å². The Hall–Kier alpha value is -1.46. The van der Waals surface area contributed by atoms with Gasteiger partial charge in [-0.25, -0.2) is 0 Å². The Morgan fingerprint density at radius 1 is 1.11 bits per heavy atom. The summed E-state index contributed by atoms with van der Waals surface area (Å²) in [6, 6.07) is 6.52. The first-order valence-electron chi connectivity index (χ1n) is 10.5. The van der Waals surface area contributed by atoms with Crippen LogP contribution in [0.4, 0.5) is 0 Å². The fourth-order valence-electron chi connectivity index (χ4n) is 4.46. The van der Waals surface area contributed by atoms with Crippen molar-refractivity contribution in [2.75, 3.05) is 32.7 Å². The Morgan fingerprint density at radius 2 is 1.81 bits per heavy atom. The van der Waals surface area contributed by atoms with E-state index in [-0.39, 0.29) is 11.8 Å². The number of carbonyl (C=O) groups excluding carboxylic acids is 1. The summed E-state index contributed by atoms with van der Waals surface area (Å²) in [4.78, 5) is 22.0. The van der Waals surface area contributed by atoms with Crippen molar-refractivity contribution in [2.45, 2.75) is 59.0 Å². The fraction of sp³-hybridized carbons (Fsp3) is 0.727. The zero-order valence-electron chi connectivity index (χ0n) is 17.3. The van der Waals surface area contributed by atoms with Crippen molar-refractivity contribution >= 4 is 5.91 Å². The van der Waals surface area contributed by atoms with Crippen molar-refractivity contribution in [3.63, 3.8) is 0 Å². The molecular weight excluding hydrogens is 336 g/mol. The molecule has 0 radical (unpaired) electrons. The summed E-state index contributed by atoms with van der Waals surface area (Å²) >= 11 is 0. The summed E-state index contributed by atoms with van der Waals surface area (Å²) in [6.45, 7) is 13.2. The number of hydrogen-bond acceptors (Lipinski definition) is 4. The maximum Gasteiger partial charge on any atom is 0.223 e. The van der Waals surface area contributed by atoms with Crippen LogP contribution >= 0.6 is 0 Å². The van der Waals surface area contributed by atoms with Crippen molar-refractivity contribution < 1.29 is 4.79 Å². The van der Waals surface area contributed by atoms with Crippen LogP contribution in [0.25, 0.3) is 0 Å². The molecule has 0 spiro atoms. The predicted octanol–water partition coefficient (Wildman–Crippen LogP) is 2.92. The monoisotopic (exact) mass is 372 g/mol. The van der Waals surface area contributed by atoms with Gasteiger partial charge in [0, 0.05) is 24.7 Å². The second kappa shape index (κ2) is 9.16. The van der Waals surface area contributed by atoms with E-state index in [0.29, 0.717) is 18.0 Å². The zero-order valence-corrected chi connectivity index (χ0v) is 17.3. The van der Waals surface area contributed by atoms with Crippen LogP contribution in [0, 0.1) is 11.3 Å². The minimum absolute atomic E-state index is 0.158. The molecule has 2 fully saturated rings. The number of amides is 1. The molecule has 0 aromatic carbocycles. The predicted molar refractivity (Wildman–Crippen MR) is 109 cm³/mol. The molecule has 0 unspecified atom stereocenters. The van der Waals surface area contributed by atoms with Gasteiger partial charge < -0.3 is 15.1 Å². The molecule has 150 valence electrons. The lowest BCUT2D eigenvalue weighted by atomic mass is 9.91. The molecule has 5 nitrogen and oxygen atoms in total. The number of nitrogens with one attached hydrogen (secondary N) is 1. The van der Waals surface area contributed by atoms with E-state index in [9.17, 15) is 4.79 Å². The lowest BCUT2D eigenvalue weighted by molar-refractivity contribution is -0.126. The topological polar surface area (TPSA) is 48.5 Å². The Labute approximate surface area is 164 Å². The molecule has 1 amide bonds. The van der Waals surface area contributed by atoms with Gasteiger partial charge in [0.1, 0.15) is 0 Å². The van der Waals surface area contributed by atoms with E-state index in [4.69, 9.17) is 0 Å². The van der Waals surface area contributed by atoms with E-state index in [1.807, 2.05) is 18.2 Å². The highest BCUT2D eigenvalue weighted by Gasteiger charge is 2.31. The van der Waals surface area contributed by atoms with Gasteiger partial charge in [0.25, 0.3) is 0 Å². The molecule has 0 atom stereocenters. The molecule has 0 aliphatic carbocycles. The van der Waals surface area contributed by atoms with Crippen LogP contribution in [0.15, 0.2) is 24.4 Å². The first-order valence-corrected chi connectivity index (χ1v) is 10.5. The summed E-state index contributed by atoms with van der Waals surface area (Å²) in [7, 11) is 0. The van der Waals surface area contributed by atoms with Crippen LogP contribution in [-0.2, 0) is 11.3 Å². The van der Waals surface area contributed by atoms with Gasteiger partial charge in [0.05, 0.1) is 12.2 Å². The van der Waals surface area contributed by atoms with Gasteiger partial charge in [-0.1, -0.05) is 26.8 Å². The average Bonchev–Trinajstić information content (AvgIpc) is 2.66. The molecule has 0 bridgehead atoms. The molecule has 1 N–H and O–H groups in total. The number of aromatic nitrogens is 1. The van der Waals surface area contributed by atoms with Gasteiger partial charge in [-0.05, 0) is 69.4 Å². The molecule has 3 heterocycles. The Morgan fingerprint density at radius 3 is 2.41 bits per heavy atom. The first kappa shape index (κ1) is 20.3. The minimum Gasteiger partial charge on any atom is -0.350 e. The second-order valence-corrected chi connectivity index (χ2v) is 9.42. The Kier molecular flexibility index (Phi) is 6.88. The van der Waals surface area contributed by atoms with Crippen LogP contribution in [0.5, 0.6) is 0 Å². The molecular formula is C22H36N4O. The van der Waals surface area contributed by atoms with E-state index in [1.54, 1.807) is 6.20 Å². The van der Waals surface area contributed by atoms with Crippen molar-refractivity contribution in [1.29, 1.82) is 0 Å². The van der Waals surface area contributed by atoms with Gasteiger partial charge in [-0.2, -0.15) is 0 Å². The quantitative estimate of drug-likeness (QED) is 0.863. The Balaban J connectivity index is 1.37. The maximum atomic E-state index is 12.5. The lowest BCUT2D eigenvalue weighted by Crippen LogP contribution is -2.50. The molecule has 2 aliphatic rings. The van der Waals surface area contributed by atoms with Gasteiger partial charge in [-0.3, -0.25) is 9.78 Å². The number of nitrogens with zero attached hydrogens (tertiary/aromatic N) is 3. The third-order valence-corrected chi connectivity index (χ3v) is 5.84. The van der Waals surface area contributed by atoms with Crippen molar-refractivity contribution in [3.8, 4) is 0 Å². The molecule has 1 aromatic heterocycles. The van der Waals surface area contributed by atoms with Gasteiger partial charge in [0.2, 0.25) is 5.91 Å². The molecule has 0 saturated carbocycles. The molecule has 2 saturated heterocycles. The standard InChI is InChI=1S/C22H36N4O/c1-22(2,3)17-25-12-9-20(10-13-25)26-14-7-18(8-15-26)21(27)24-16-19-6-4-5-11-23-19/h4-6,11,18,20H,7-10,12-17H2,1-3H3,(H,24,27).